The summed E-state index contributed by atoms with van der Waals surface area (Å²) in [5.74, 6) is -0.558. The Hall–Kier alpha value is -3.73. The van der Waals surface area contributed by atoms with Crippen LogP contribution >= 0.6 is 0 Å². The number of aromatic nitrogens is 2. The first-order chi connectivity index (χ1) is 15.3. The van der Waals surface area contributed by atoms with Gasteiger partial charge >= 0.3 is 0 Å². The van der Waals surface area contributed by atoms with Gasteiger partial charge in [0.15, 0.2) is 9.84 Å². The van der Waals surface area contributed by atoms with E-state index in [4.69, 9.17) is 0 Å². The molecular formula is C21H18N4O6S. The van der Waals surface area contributed by atoms with Crippen molar-refractivity contribution < 1.29 is 23.2 Å². The molecule has 2 N–H and O–H groups in total. The van der Waals surface area contributed by atoms with Gasteiger partial charge in [0.05, 0.1) is 22.5 Å². The molecule has 5 rings (SSSR count). The number of aromatic amines is 1. The molecule has 3 heterocycles. The number of benzene rings is 2. The highest BCUT2D eigenvalue weighted by Crippen LogP contribution is 2.46. The van der Waals surface area contributed by atoms with Crippen LogP contribution in [-0.2, 0) is 9.84 Å². The molecule has 2 atom stereocenters. The van der Waals surface area contributed by atoms with Crippen molar-refractivity contribution in [3.8, 4) is 17.0 Å². The van der Waals surface area contributed by atoms with Gasteiger partial charge in [-0.15, -0.1) is 0 Å². The molecule has 1 fully saturated rings. The van der Waals surface area contributed by atoms with Crippen molar-refractivity contribution in [3.05, 3.63) is 75.5 Å². The molecule has 0 aliphatic carbocycles. The zero-order valence-electron chi connectivity index (χ0n) is 16.6. The maximum atomic E-state index is 13.4. The first-order valence-corrected chi connectivity index (χ1v) is 11.7. The number of nitro groups is 1. The maximum absolute atomic E-state index is 13.4. The molecular weight excluding hydrogens is 436 g/mol. The Bertz CT molecular complexity index is 1350. The monoisotopic (exact) mass is 454 g/mol. The molecule has 164 valence electrons. The number of nitro benzene ring substituents is 1. The molecule has 2 aromatic carbocycles. The van der Waals surface area contributed by atoms with Crippen LogP contribution in [0.25, 0.3) is 11.3 Å². The molecule has 0 radical (unpaired) electrons. The van der Waals surface area contributed by atoms with Crippen LogP contribution in [0.3, 0.4) is 0 Å². The lowest BCUT2D eigenvalue weighted by Gasteiger charge is -2.31. The number of carbonyl (C=O) groups is 1. The van der Waals surface area contributed by atoms with Crippen molar-refractivity contribution in [2.45, 2.75) is 18.5 Å². The Kier molecular flexibility index (Phi) is 4.52. The maximum Gasteiger partial charge on any atom is 0.273 e. The van der Waals surface area contributed by atoms with Gasteiger partial charge in [-0.25, -0.2) is 8.42 Å². The SMILES string of the molecule is O=C1c2[nH]nc(-c3ccccc3O)c2C(c2ccc([N+](=O)[O-])cc2)N1C1CCS(=O)(=O)C1. The van der Waals surface area contributed by atoms with Crippen LogP contribution in [0.1, 0.15) is 34.1 Å². The van der Waals surface area contributed by atoms with Crippen LogP contribution in [0.2, 0.25) is 0 Å². The van der Waals surface area contributed by atoms with Gasteiger partial charge in [0.25, 0.3) is 11.6 Å². The third-order valence-corrected chi connectivity index (χ3v) is 7.73. The van der Waals surface area contributed by atoms with E-state index in [-0.39, 0.29) is 34.5 Å². The lowest BCUT2D eigenvalue weighted by Crippen LogP contribution is -2.40. The quantitative estimate of drug-likeness (QED) is 0.454. The number of hydrogen-bond acceptors (Lipinski definition) is 7. The fraction of sp³-hybridized carbons (Fsp3) is 0.238. The van der Waals surface area contributed by atoms with E-state index in [9.17, 15) is 28.4 Å². The second kappa shape index (κ2) is 7.16. The van der Waals surface area contributed by atoms with E-state index in [2.05, 4.69) is 10.2 Å². The van der Waals surface area contributed by atoms with Gasteiger partial charge in [-0.1, -0.05) is 12.1 Å². The summed E-state index contributed by atoms with van der Waals surface area (Å²) in [5, 5.41) is 28.5. The van der Waals surface area contributed by atoms with E-state index in [1.807, 2.05) is 0 Å². The number of nitrogens with zero attached hydrogens (tertiary/aromatic N) is 3. The van der Waals surface area contributed by atoms with Crippen molar-refractivity contribution in [3.63, 3.8) is 0 Å². The number of amides is 1. The van der Waals surface area contributed by atoms with Crippen LogP contribution in [0.5, 0.6) is 5.75 Å². The molecule has 2 unspecified atom stereocenters. The summed E-state index contributed by atoms with van der Waals surface area (Å²) in [6.45, 7) is 0. The second-order valence-electron chi connectivity index (χ2n) is 7.90. The van der Waals surface area contributed by atoms with Crippen molar-refractivity contribution in [1.82, 2.24) is 15.1 Å². The van der Waals surface area contributed by atoms with Crippen molar-refractivity contribution >= 4 is 21.4 Å². The summed E-state index contributed by atoms with van der Waals surface area (Å²) in [6, 6.07) is 11.2. The Balaban J connectivity index is 1.68. The van der Waals surface area contributed by atoms with Gasteiger partial charge in [-0.05, 0) is 36.2 Å². The topological polar surface area (TPSA) is 146 Å². The van der Waals surface area contributed by atoms with Gasteiger partial charge in [-0.3, -0.25) is 20.0 Å². The minimum absolute atomic E-state index is 0.00700. The summed E-state index contributed by atoms with van der Waals surface area (Å²) in [7, 11) is -3.27. The number of para-hydroxylation sites is 1. The average Bonchev–Trinajstić information content (AvgIpc) is 3.42. The minimum Gasteiger partial charge on any atom is -0.507 e. The van der Waals surface area contributed by atoms with Crippen molar-refractivity contribution in [1.29, 1.82) is 0 Å². The number of fused-ring (bicyclic) bond motifs is 1. The highest BCUT2D eigenvalue weighted by Gasteiger charge is 2.48. The van der Waals surface area contributed by atoms with Crippen LogP contribution in [0.15, 0.2) is 48.5 Å². The Morgan fingerprint density at radius 2 is 1.88 bits per heavy atom. The van der Waals surface area contributed by atoms with E-state index in [0.717, 1.165) is 0 Å². The number of nitrogens with one attached hydrogen (secondary N) is 1. The van der Waals surface area contributed by atoms with Crippen molar-refractivity contribution in [2.24, 2.45) is 0 Å². The van der Waals surface area contributed by atoms with Crippen molar-refractivity contribution in [2.75, 3.05) is 11.5 Å². The lowest BCUT2D eigenvalue weighted by molar-refractivity contribution is -0.384. The number of phenols is 1. The molecule has 0 bridgehead atoms. The molecule has 10 nitrogen and oxygen atoms in total. The largest absolute Gasteiger partial charge is 0.507 e. The number of sulfone groups is 1. The first kappa shape index (κ1) is 20.2. The number of hydrogen-bond donors (Lipinski definition) is 2. The van der Waals surface area contributed by atoms with E-state index in [0.29, 0.717) is 28.8 Å². The Labute approximate surface area is 182 Å². The molecule has 2 aliphatic heterocycles. The number of rotatable bonds is 4. The van der Waals surface area contributed by atoms with Crippen LogP contribution in [0.4, 0.5) is 5.69 Å². The fourth-order valence-electron chi connectivity index (χ4n) is 4.52. The molecule has 0 spiro atoms. The summed E-state index contributed by atoms with van der Waals surface area (Å²) in [5.41, 5.74) is 2.01. The number of aromatic hydroxyl groups is 1. The van der Waals surface area contributed by atoms with Gasteiger partial charge in [-0.2, -0.15) is 5.10 Å². The predicted molar refractivity (Wildman–Crippen MR) is 114 cm³/mol. The summed E-state index contributed by atoms with van der Waals surface area (Å²) in [6.07, 6.45) is 0.307. The third-order valence-electron chi connectivity index (χ3n) is 5.98. The normalized spacial score (nSPS) is 21.6. The smallest absolute Gasteiger partial charge is 0.273 e. The molecule has 11 heteroatoms. The van der Waals surface area contributed by atoms with E-state index in [1.165, 1.54) is 23.1 Å². The van der Waals surface area contributed by atoms with E-state index >= 15 is 0 Å². The first-order valence-electron chi connectivity index (χ1n) is 9.91. The van der Waals surface area contributed by atoms with E-state index < -0.39 is 26.8 Å². The number of carbonyl (C=O) groups excluding carboxylic acids is 1. The third kappa shape index (κ3) is 3.12. The number of phenolic OH excluding ortho intramolecular Hbond substituents is 1. The lowest BCUT2D eigenvalue weighted by atomic mass is 9.95. The van der Waals surface area contributed by atoms with Gasteiger partial charge in [0.1, 0.15) is 17.1 Å². The average molecular weight is 454 g/mol. The second-order valence-corrected chi connectivity index (χ2v) is 10.1. The predicted octanol–water partition coefficient (Wildman–Crippen LogP) is 2.42. The molecule has 3 aromatic rings. The van der Waals surface area contributed by atoms with E-state index in [1.54, 1.807) is 30.3 Å². The van der Waals surface area contributed by atoms with Gasteiger partial charge < -0.3 is 10.0 Å². The van der Waals surface area contributed by atoms with Gasteiger partial charge in [0.2, 0.25) is 0 Å². The van der Waals surface area contributed by atoms with Crippen LogP contribution in [-0.4, -0.2) is 57.0 Å². The Morgan fingerprint density at radius 3 is 2.50 bits per heavy atom. The summed E-state index contributed by atoms with van der Waals surface area (Å²) in [4.78, 5) is 25.5. The zero-order valence-corrected chi connectivity index (χ0v) is 17.4. The highest BCUT2D eigenvalue weighted by atomic mass is 32.2. The summed E-state index contributed by atoms with van der Waals surface area (Å²) < 4.78 is 24.3. The van der Waals surface area contributed by atoms with Gasteiger partial charge in [0, 0.05) is 29.3 Å². The highest BCUT2D eigenvalue weighted by molar-refractivity contribution is 7.91. The molecule has 0 saturated carbocycles. The molecule has 1 amide bonds. The summed E-state index contributed by atoms with van der Waals surface area (Å²) >= 11 is 0. The molecule has 32 heavy (non-hydrogen) atoms. The molecule has 2 aliphatic rings. The minimum atomic E-state index is -3.27. The van der Waals surface area contributed by atoms with Crippen LogP contribution < -0.4 is 0 Å². The molecule has 1 saturated heterocycles. The standard InChI is InChI=1S/C21H18N4O6S/c26-16-4-2-1-3-15(16)18-17-19(23-22-18)21(27)24(14-9-10-32(30,31)11-14)20(17)12-5-7-13(8-6-12)25(28)29/h1-8,14,20,26H,9-11H2,(H,22,23). The Morgan fingerprint density at radius 1 is 1.16 bits per heavy atom. The van der Waals surface area contributed by atoms with Crippen LogP contribution in [0, 0.1) is 10.1 Å². The zero-order chi connectivity index (χ0) is 22.6. The fourth-order valence-corrected chi connectivity index (χ4v) is 6.23. The number of H-pyrrole nitrogens is 1. The number of non-ortho nitro benzene ring substituents is 1. The molecule has 1 aromatic heterocycles.